The summed E-state index contributed by atoms with van der Waals surface area (Å²) in [5, 5.41) is 3.44. The molecule has 2 aromatic carbocycles. The lowest BCUT2D eigenvalue weighted by Crippen LogP contribution is -2.48. The molecule has 3 rings (SSSR count). The number of anilines is 2. The molecule has 2 amide bonds. The Hall–Kier alpha value is -2.73. The van der Waals surface area contributed by atoms with Gasteiger partial charge in [0.2, 0.25) is 5.91 Å². The van der Waals surface area contributed by atoms with E-state index in [2.05, 4.69) is 10.2 Å². The van der Waals surface area contributed by atoms with Crippen molar-refractivity contribution >= 4 is 34.8 Å². The highest BCUT2D eigenvalue weighted by molar-refractivity contribution is 6.33. The van der Waals surface area contributed by atoms with Gasteiger partial charge in [-0.2, -0.15) is 0 Å². The van der Waals surface area contributed by atoms with Crippen molar-refractivity contribution in [3.63, 3.8) is 0 Å². The first kappa shape index (κ1) is 20.0. The maximum Gasteiger partial charge on any atom is 0.255 e. The molecule has 1 heterocycles. The summed E-state index contributed by atoms with van der Waals surface area (Å²) in [5.41, 5.74) is 2.09. The van der Waals surface area contributed by atoms with E-state index in [4.69, 9.17) is 16.3 Å². The van der Waals surface area contributed by atoms with Crippen LogP contribution in [-0.2, 0) is 4.79 Å². The summed E-state index contributed by atoms with van der Waals surface area (Å²) in [6.45, 7) is 6.92. The number of nitrogens with one attached hydrogen (secondary N) is 1. The third-order valence-corrected chi connectivity index (χ3v) is 5.00. The number of ether oxygens (including phenoxy) is 1. The number of piperazine rings is 1. The average molecular weight is 402 g/mol. The smallest absolute Gasteiger partial charge is 0.255 e. The molecule has 7 heteroatoms. The third kappa shape index (κ3) is 4.75. The first-order valence-electron chi connectivity index (χ1n) is 9.32. The molecule has 0 aliphatic carbocycles. The second-order valence-electron chi connectivity index (χ2n) is 6.57. The molecule has 0 spiro atoms. The molecular weight excluding hydrogens is 378 g/mol. The number of hydrogen-bond donors (Lipinski definition) is 1. The Kier molecular flexibility index (Phi) is 6.41. The van der Waals surface area contributed by atoms with Crippen LogP contribution in [-0.4, -0.2) is 49.5 Å². The maximum atomic E-state index is 12.4. The highest BCUT2D eigenvalue weighted by Gasteiger charge is 2.20. The summed E-state index contributed by atoms with van der Waals surface area (Å²) < 4.78 is 5.39. The number of carbonyl (C=O) groups excluding carboxylic acids is 2. The molecule has 0 saturated carbocycles. The minimum Gasteiger partial charge on any atom is -0.494 e. The van der Waals surface area contributed by atoms with Gasteiger partial charge in [0.25, 0.3) is 5.91 Å². The normalized spacial score (nSPS) is 14.0. The number of amides is 2. The van der Waals surface area contributed by atoms with Crippen molar-refractivity contribution in [2.75, 3.05) is 43.0 Å². The van der Waals surface area contributed by atoms with E-state index < -0.39 is 0 Å². The van der Waals surface area contributed by atoms with Gasteiger partial charge in [0.05, 0.1) is 17.3 Å². The van der Waals surface area contributed by atoms with E-state index >= 15 is 0 Å². The Morgan fingerprint density at radius 1 is 1.07 bits per heavy atom. The van der Waals surface area contributed by atoms with Crippen LogP contribution in [0.25, 0.3) is 0 Å². The average Bonchev–Trinajstić information content (AvgIpc) is 2.69. The molecule has 0 unspecified atom stereocenters. The summed E-state index contributed by atoms with van der Waals surface area (Å²) in [6.07, 6.45) is 0. The molecule has 1 saturated heterocycles. The molecule has 1 aliphatic rings. The molecule has 0 radical (unpaired) electrons. The lowest BCUT2D eigenvalue weighted by molar-refractivity contribution is -0.129. The van der Waals surface area contributed by atoms with E-state index in [-0.39, 0.29) is 11.8 Å². The molecule has 2 aromatic rings. The molecular formula is C21H24ClN3O3. The van der Waals surface area contributed by atoms with Crippen molar-refractivity contribution in [3.05, 3.63) is 53.1 Å². The summed E-state index contributed by atoms with van der Waals surface area (Å²) >= 11 is 6.46. The third-order valence-electron chi connectivity index (χ3n) is 4.70. The van der Waals surface area contributed by atoms with Gasteiger partial charge in [-0.05, 0) is 49.4 Å². The second-order valence-corrected chi connectivity index (χ2v) is 6.98. The van der Waals surface area contributed by atoms with Crippen molar-refractivity contribution in [2.24, 2.45) is 0 Å². The van der Waals surface area contributed by atoms with Crippen molar-refractivity contribution in [1.82, 2.24) is 4.90 Å². The zero-order chi connectivity index (χ0) is 20.1. The van der Waals surface area contributed by atoms with E-state index in [0.29, 0.717) is 36.0 Å². The highest BCUT2D eigenvalue weighted by Crippen LogP contribution is 2.30. The largest absolute Gasteiger partial charge is 0.494 e. The minimum absolute atomic E-state index is 0.0955. The van der Waals surface area contributed by atoms with E-state index in [0.717, 1.165) is 24.5 Å². The van der Waals surface area contributed by atoms with Gasteiger partial charge in [0, 0.05) is 44.4 Å². The monoisotopic (exact) mass is 401 g/mol. The Balaban J connectivity index is 1.64. The van der Waals surface area contributed by atoms with Crippen molar-refractivity contribution in [2.45, 2.75) is 13.8 Å². The van der Waals surface area contributed by atoms with E-state index in [9.17, 15) is 9.59 Å². The predicted molar refractivity (Wildman–Crippen MR) is 111 cm³/mol. The van der Waals surface area contributed by atoms with Crippen LogP contribution in [0.1, 0.15) is 24.2 Å². The van der Waals surface area contributed by atoms with Gasteiger partial charge in [-0.1, -0.05) is 11.6 Å². The first-order chi connectivity index (χ1) is 13.5. The quantitative estimate of drug-likeness (QED) is 0.830. The van der Waals surface area contributed by atoms with E-state index in [1.54, 1.807) is 37.3 Å². The molecule has 0 atom stereocenters. The SMILES string of the molecule is CCOc1ccc(C(=O)Nc2ccc(N3CCN(C(C)=O)CC3)c(Cl)c2)cc1. The van der Waals surface area contributed by atoms with Crippen LogP contribution in [0.2, 0.25) is 5.02 Å². The van der Waals surface area contributed by atoms with Crippen LogP contribution >= 0.6 is 11.6 Å². The van der Waals surface area contributed by atoms with E-state index in [1.165, 1.54) is 0 Å². The Labute approximate surface area is 170 Å². The molecule has 1 N–H and O–H groups in total. The number of halogens is 1. The Morgan fingerprint density at radius 3 is 2.32 bits per heavy atom. The van der Waals surface area contributed by atoms with Crippen LogP contribution in [0, 0.1) is 0 Å². The first-order valence-corrected chi connectivity index (χ1v) is 9.70. The van der Waals surface area contributed by atoms with Gasteiger partial charge in [-0.3, -0.25) is 9.59 Å². The number of carbonyl (C=O) groups is 2. The van der Waals surface area contributed by atoms with Crippen LogP contribution < -0.4 is 15.0 Å². The van der Waals surface area contributed by atoms with Gasteiger partial charge >= 0.3 is 0 Å². The van der Waals surface area contributed by atoms with Crippen molar-refractivity contribution in [1.29, 1.82) is 0 Å². The Morgan fingerprint density at radius 2 is 1.75 bits per heavy atom. The summed E-state index contributed by atoms with van der Waals surface area (Å²) in [4.78, 5) is 27.9. The molecule has 0 bridgehead atoms. The van der Waals surface area contributed by atoms with Crippen LogP contribution in [0.5, 0.6) is 5.75 Å². The van der Waals surface area contributed by atoms with Crippen LogP contribution in [0.3, 0.4) is 0 Å². The number of hydrogen-bond acceptors (Lipinski definition) is 4. The topological polar surface area (TPSA) is 61.9 Å². The zero-order valence-electron chi connectivity index (χ0n) is 16.1. The van der Waals surface area contributed by atoms with Crippen molar-refractivity contribution in [3.8, 4) is 5.75 Å². The number of benzene rings is 2. The second kappa shape index (κ2) is 8.97. The number of nitrogens with zero attached hydrogens (tertiary/aromatic N) is 2. The minimum atomic E-state index is -0.207. The molecule has 148 valence electrons. The maximum absolute atomic E-state index is 12.4. The van der Waals surface area contributed by atoms with Crippen LogP contribution in [0.4, 0.5) is 11.4 Å². The molecule has 28 heavy (non-hydrogen) atoms. The molecule has 6 nitrogen and oxygen atoms in total. The van der Waals surface area contributed by atoms with E-state index in [1.807, 2.05) is 24.0 Å². The zero-order valence-corrected chi connectivity index (χ0v) is 16.8. The lowest BCUT2D eigenvalue weighted by atomic mass is 10.2. The predicted octanol–water partition coefficient (Wildman–Crippen LogP) is 3.66. The number of rotatable bonds is 5. The molecule has 0 aromatic heterocycles. The van der Waals surface area contributed by atoms with Gasteiger partial charge in [0.15, 0.2) is 0 Å². The Bertz CT molecular complexity index is 846. The fraction of sp³-hybridized carbons (Fsp3) is 0.333. The lowest BCUT2D eigenvalue weighted by Gasteiger charge is -2.36. The standard InChI is InChI=1S/C21H24ClN3O3/c1-3-28-18-7-4-16(5-8-18)21(27)23-17-6-9-20(19(22)14-17)25-12-10-24(11-13-25)15(2)26/h4-9,14H,3,10-13H2,1-2H3,(H,23,27). The molecule has 1 fully saturated rings. The summed E-state index contributed by atoms with van der Waals surface area (Å²) in [6, 6.07) is 12.5. The fourth-order valence-corrected chi connectivity index (χ4v) is 3.48. The highest BCUT2D eigenvalue weighted by atomic mass is 35.5. The van der Waals surface area contributed by atoms with Gasteiger partial charge < -0.3 is 19.9 Å². The van der Waals surface area contributed by atoms with Crippen LogP contribution in [0.15, 0.2) is 42.5 Å². The van der Waals surface area contributed by atoms with Gasteiger partial charge in [-0.15, -0.1) is 0 Å². The van der Waals surface area contributed by atoms with Gasteiger partial charge in [0.1, 0.15) is 5.75 Å². The van der Waals surface area contributed by atoms with Crippen molar-refractivity contribution < 1.29 is 14.3 Å². The van der Waals surface area contributed by atoms with Gasteiger partial charge in [-0.25, -0.2) is 0 Å². The summed E-state index contributed by atoms with van der Waals surface area (Å²) in [5.74, 6) is 0.622. The summed E-state index contributed by atoms with van der Waals surface area (Å²) in [7, 11) is 0. The molecule has 1 aliphatic heterocycles. The fourth-order valence-electron chi connectivity index (χ4n) is 3.18.